The second kappa shape index (κ2) is 4.39. The fourth-order valence-corrected chi connectivity index (χ4v) is 3.19. The SMILES string of the molecule is Cc1cccc2[nH]c(C3(CN)CCCCC3)nc12. The lowest BCUT2D eigenvalue weighted by atomic mass is 9.73. The Kier molecular flexibility index (Phi) is 2.86. The first kappa shape index (κ1) is 11.7. The topological polar surface area (TPSA) is 54.7 Å². The Morgan fingerprint density at radius 2 is 2.06 bits per heavy atom. The number of H-pyrrole nitrogens is 1. The molecule has 1 aliphatic rings. The van der Waals surface area contributed by atoms with Crippen LogP contribution < -0.4 is 5.73 Å². The summed E-state index contributed by atoms with van der Waals surface area (Å²) in [5, 5.41) is 0. The third-order valence-electron chi connectivity index (χ3n) is 4.42. The van der Waals surface area contributed by atoms with Gasteiger partial charge >= 0.3 is 0 Å². The number of rotatable bonds is 2. The van der Waals surface area contributed by atoms with E-state index in [4.69, 9.17) is 10.7 Å². The predicted octanol–water partition coefficient (Wildman–Crippen LogP) is 3.03. The van der Waals surface area contributed by atoms with Gasteiger partial charge in [-0.1, -0.05) is 31.4 Å². The number of benzene rings is 1. The van der Waals surface area contributed by atoms with Crippen LogP contribution in [0.1, 0.15) is 43.5 Å². The summed E-state index contributed by atoms with van der Waals surface area (Å²) in [4.78, 5) is 8.35. The number of para-hydroxylation sites is 1. The summed E-state index contributed by atoms with van der Waals surface area (Å²) in [7, 11) is 0. The van der Waals surface area contributed by atoms with Gasteiger partial charge in [-0.15, -0.1) is 0 Å². The van der Waals surface area contributed by atoms with Crippen molar-refractivity contribution in [2.24, 2.45) is 5.73 Å². The van der Waals surface area contributed by atoms with E-state index in [-0.39, 0.29) is 5.41 Å². The first-order valence-electron chi connectivity index (χ1n) is 6.91. The Morgan fingerprint density at radius 1 is 1.28 bits per heavy atom. The molecule has 2 aromatic rings. The van der Waals surface area contributed by atoms with Gasteiger partial charge in [0.1, 0.15) is 5.82 Å². The number of aromatic nitrogens is 2. The van der Waals surface area contributed by atoms with Crippen LogP contribution in [0.25, 0.3) is 11.0 Å². The van der Waals surface area contributed by atoms with Crippen molar-refractivity contribution >= 4 is 11.0 Å². The lowest BCUT2D eigenvalue weighted by Crippen LogP contribution is -2.38. The minimum absolute atomic E-state index is 0.0870. The van der Waals surface area contributed by atoms with Gasteiger partial charge in [0.25, 0.3) is 0 Å². The van der Waals surface area contributed by atoms with E-state index in [1.165, 1.54) is 37.7 Å². The van der Waals surface area contributed by atoms with E-state index in [9.17, 15) is 0 Å². The maximum Gasteiger partial charge on any atom is 0.114 e. The van der Waals surface area contributed by atoms with Gasteiger partial charge in [0, 0.05) is 12.0 Å². The third kappa shape index (κ3) is 1.74. The highest BCUT2D eigenvalue weighted by Crippen LogP contribution is 2.38. The van der Waals surface area contributed by atoms with E-state index in [1.54, 1.807) is 0 Å². The summed E-state index contributed by atoms with van der Waals surface area (Å²) in [6.07, 6.45) is 6.21. The van der Waals surface area contributed by atoms with E-state index in [0.717, 1.165) is 16.9 Å². The van der Waals surface area contributed by atoms with Gasteiger partial charge in [-0.05, 0) is 31.4 Å². The van der Waals surface area contributed by atoms with Gasteiger partial charge in [0.15, 0.2) is 0 Å². The van der Waals surface area contributed by atoms with Crippen molar-refractivity contribution in [3.63, 3.8) is 0 Å². The molecule has 0 spiro atoms. The highest BCUT2D eigenvalue weighted by molar-refractivity contribution is 5.78. The average molecular weight is 243 g/mol. The Morgan fingerprint density at radius 3 is 2.72 bits per heavy atom. The lowest BCUT2D eigenvalue weighted by molar-refractivity contribution is 0.288. The molecule has 3 rings (SSSR count). The predicted molar refractivity (Wildman–Crippen MR) is 74.6 cm³/mol. The summed E-state index contributed by atoms with van der Waals surface area (Å²) >= 11 is 0. The maximum absolute atomic E-state index is 6.07. The maximum atomic E-state index is 6.07. The van der Waals surface area contributed by atoms with Gasteiger partial charge in [-0.25, -0.2) is 4.98 Å². The van der Waals surface area contributed by atoms with Crippen LogP contribution in [0.4, 0.5) is 0 Å². The second-order valence-electron chi connectivity index (χ2n) is 5.60. The highest BCUT2D eigenvalue weighted by Gasteiger charge is 2.35. The van der Waals surface area contributed by atoms with E-state index >= 15 is 0 Å². The van der Waals surface area contributed by atoms with Gasteiger partial charge < -0.3 is 10.7 Å². The quantitative estimate of drug-likeness (QED) is 0.851. The molecular formula is C15H21N3. The van der Waals surface area contributed by atoms with E-state index in [0.29, 0.717) is 6.54 Å². The fraction of sp³-hybridized carbons (Fsp3) is 0.533. The monoisotopic (exact) mass is 243 g/mol. The minimum atomic E-state index is 0.0870. The number of fused-ring (bicyclic) bond motifs is 1. The van der Waals surface area contributed by atoms with Crippen LogP contribution in [-0.4, -0.2) is 16.5 Å². The number of aromatic amines is 1. The Bertz CT molecular complexity index is 550. The molecule has 0 amide bonds. The molecule has 0 saturated heterocycles. The van der Waals surface area contributed by atoms with Crippen molar-refractivity contribution in [2.45, 2.75) is 44.4 Å². The minimum Gasteiger partial charge on any atom is -0.341 e. The van der Waals surface area contributed by atoms with Crippen LogP contribution in [0, 0.1) is 6.92 Å². The van der Waals surface area contributed by atoms with Gasteiger partial charge in [0.05, 0.1) is 11.0 Å². The van der Waals surface area contributed by atoms with E-state index < -0.39 is 0 Å². The Balaban J connectivity index is 2.09. The molecule has 3 nitrogen and oxygen atoms in total. The lowest BCUT2D eigenvalue weighted by Gasteiger charge is -2.34. The number of hydrogen-bond acceptors (Lipinski definition) is 2. The van der Waals surface area contributed by atoms with Crippen LogP contribution in [0.2, 0.25) is 0 Å². The van der Waals surface area contributed by atoms with Crippen molar-refractivity contribution in [1.82, 2.24) is 9.97 Å². The van der Waals surface area contributed by atoms with Gasteiger partial charge in [-0.3, -0.25) is 0 Å². The molecule has 0 bridgehead atoms. The van der Waals surface area contributed by atoms with E-state index in [2.05, 4.69) is 30.1 Å². The zero-order valence-electron chi connectivity index (χ0n) is 11.0. The molecule has 1 aromatic carbocycles. The highest BCUT2D eigenvalue weighted by atomic mass is 15.0. The zero-order valence-corrected chi connectivity index (χ0v) is 11.0. The number of aryl methyl sites for hydroxylation is 1. The largest absolute Gasteiger partial charge is 0.341 e. The molecule has 0 unspecified atom stereocenters. The summed E-state index contributed by atoms with van der Waals surface area (Å²) in [6, 6.07) is 6.30. The van der Waals surface area contributed by atoms with Gasteiger partial charge in [0.2, 0.25) is 0 Å². The first-order chi connectivity index (χ1) is 8.75. The molecule has 1 fully saturated rings. The summed E-state index contributed by atoms with van der Waals surface area (Å²) in [6.45, 7) is 2.81. The number of nitrogens with one attached hydrogen (secondary N) is 1. The van der Waals surface area contributed by atoms with Crippen LogP contribution in [0.5, 0.6) is 0 Å². The van der Waals surface area contributed by atoms with Gasteiger partial charge in [-0.2, -0.15) is 0 Å². The molecular weight excluding hydrogens is 222 g/mol. The molecule has 0 radical (unpaired) electrons. The third-order valence-corrected chi connectivity index (χ3v) is 4.42. The van der Waals surface area contributed by atoms with Crippen LogP contribution in [0.3, 0.4) is 0 Å². The smallest absolute Gasteiger partial charge is 0.114 e. The standard InChI is InChI=1S/C15H21N3/c1-11-6-5-7-12-13(11)18-14(17-12)15(10-16)8-3-2-4-9-15/h5-7H,2-4,8-10,16H2,1H3,(H,17,18). The van der Waals surface area contributed by atoms with Crippen LogP contribution in [0.15, 0.2) is 18.2 Å². The summed E-state index contributed by atoms with van der Waals surface area (Å²) < 4.78 is 0. The Labute approximate surface area is 108 Å². The van der Waals surface area contributed by atoms with Crippen molar-refractivity contribution in [3.05, 3.63) is 29.6 Å². The number of nitrogens with two attached hydrogens (primary N) is 1. The number of hydrogen-bond donors (Lipinski definition) is 2. The van der Waals surface area contributed by atoms with Crippen LogP contribution in [-0.2, 0) is 5.41 Å². The number of nitrogens with zero attached hydrogens (tertiary/aromatic N) is 1. The zero-order chi connectivity index (χ0) is 12.6. The van der Waals surface area contributed by atoms with E-state index in [1.807, 2.05) is 0 Å². The molecule has 3 heteroatoms. The van der Waals surface area contributed by atoms with Crippen molar-refractivity contribution in [1.29, 1.82) is 0 Å². The van der Waals surface area contributed by atoms with Crippen LogP contribution >= 0.6 is 0 Å². The fourth-order valence-electron chi connectivity index (χ4n) is 3.19. The molecule has 0 atom stereocenters. The molecule has 3 N–H and O–H groups in total. The van der Waals surface area contributed by atoms with Crippen molar-refractivity contribution < 1.29 is 0 Å². The molecule has 96 valence electrons. The van der Waals surface area contributed by atoms with Crippen molar-refractivity contribution in [3.8, 4) is 0 Å². The summed E-state index contributed by atoms with van der Waals surface area (Å²) in [5.74, 6) is 1.11. The molecule has 1 heterocycles. The molecule has 18 heavy (non-hydrogen) atoms. The second-order valence-corrected chi connectivity index (χ2v) is 5.60. The number of imidazole rings is 1. The Hall–Kier alpha value is -1.35. The normalized spacial score (nSPS) is 19.2. The molecule has 1 saturated carbocycles. The molecule has 1 aliphatic carbocycles. The summed E-state index contributed by atoms with van der Waals surface area (Å²) in [5.41, 5.74) is 9.64. The molecule has 1 aromatic heterocycles. The van der Waals surface area contributed by atoms with Crippen molar-refractivity contribution in [2.75, 3.05) is 6.54 Å². The average Bonchev–Trinajstić information content (AvgIpc) is 2.85. The molecule has 0 aliphatic heterocycles. The first-order valence-corrected chi connectivity index (χ1v) is 6.91.